The normalized spacial score (nSPS) is 10.3. The number of ether oxygens (including phenoxy) is 1. The lowest BCUT2D eigenvalue weighted by atomic mass is 10.2. The maximum absolute atomic E-state index is 10.8. The van der Waals surface area contributed by atoms with Crippen molar-refractivity contribution in [1.29, 1.82) is 0 Å². The fraction of sp³-hybridized carbons (Fsp3) is 0.250. The second-order valence-corrected chi connectivity index (χ2v) is 4.63. The molecular formula is C16H18N2O3. The first-order chi connectivity index (χ1) is 10.2. The van der Waals surface area contributed by atoms with E-state index in [2.05, 4.69) is 10.3 Å². The molecule has 0 fully saturated rings. The number of aromatic nitrogens is 1. The number of carboxylic acids is 1. The van der Waals surface area contributed by atoms with E-state index in [-0.39, 0.29) is 5.56 Å². The van der Waals surface area contributed by atoms with E-state index in [9.17, 15) is 4.79 Å². The molecule has 0 atom stereocenters. The summed E-state index contributed by atoms with van der Waals surface area (Å²) in [7, 11) is 0. The van der Waals surface area contributed by atoms with Gasteiger partial charge in [0.1, 0.15) is 12.4 Å². The van der Waals surface area contributed by atoms with Crippen LogP contribution in [0, 0.1) is 6.92 Å². The molecule has 0 unspecified atom stereocenters. The van der Waals surface area contributed by atoms with Crippen molar-refractivity contribution in [2.45, 2.75) is 13.5 Å². The minimum atomic E-state index is -0.954. The van der Waals surface area contributed by atoms with Crippen LogP contribution in [0.5, 0.6) is 5.75 Å². The summed E-state index contributed by atoms with van der Waals surface area (Å²) in [5.41, 5.74) is 2.40. The highest BCUT2D eigenvalue weighted by Gasteiger charge is 2.03. The van der Waals surface area contributed by atoms with Crippen molar-refractivity contribution in [3.05, 3.63) is 59.4 Å². The first kappa shape index (κ1) is 15.0. The molecule has 0 saturated carbocycles. The lowest BCUT2D eigenvalue weighted by molar-refractivity contribution is 0.0696. The molecule has 2 aromatic rings. The topological polar surface area (TPSA) is 71.5 Å². The number of aromatic carboxylic acids is 1. The van der Waals surface area contributed by atoms with Crippen LogP contribution in [0.25, 0.3) is 0 Å². The molecular weight excluding hydrogens is 268 g/mol. The van der Waals surface area contributed by atoms with Crippen LogP contribution in [0.4, 0.5) is 0 Å². The fourth-order valence-electron chi connectivity index (χ4n) is 1.87. The molecule has 0 radical (unpaired) electrons. The van der Waals surface area contributed by atoms with E-state index in [1.807, 2.05) is 19.1 Å². The third-order valence-corrected chi connectivity index (χ3v) is 3.04. The lowest BCUT2D eigenvalue weighted by Crippen LogP contribution is -2.21. The molecule has 0 aliphatic rings. The number of rotatable bonds is 7. The quantitative estimate of drug-likeness (QED) is 0.764. The smallest absolute Gasteiger partial charge is 0.335 e. The predicted octanol–water partition coefficient (Wildman–Crippen LogP) is 2.26. The molecule has 0 amide bonds. The van der Waals surface area contributed by atoms with Crippen molar-refractivity contribution in [3.63, 3.8) is 0 Å². The zero-order chi connectivity index (χ0) is 15.1. The maximum atomic E-state index is 10.8. The van der Waals surface area contributed by atoms with Gasteiger partial charge in [0.2, 0.25) is 0 Å². The Labute approximate surface area is 123 Å². The Morgan fingerprint density at radius 1 is 1.33 bits per heavy atom. The number of carboxylic acid groups (broad SMARTS) is 1. The van der Waals surface area contributed by atoms with Gasteiger partial charge in [0.15, 0.2) is 0 Å². The zero-order valence-corrected chi connectivity index (χ0v) is 11.9. The summed E-state index contributed by atoms with van der Waals surface area (Å²) in [6.07, 6.45) is 1.78. The van der Waals surface area contributed by atoms with E-state index in [1.54, 1.807) is 18.3 Å². The van der Waals surface area contributed by atoms with Crippen LogP contribution in [0.15, 0.2) is 42.6 Å². The van der Waals surface area contributed by atoms with Crippen LogP contribution in [0.3, 0.4) is 0 Å². The van der Waals surface area contributed by atoms with E-state index < -0.39 is 5.97 Å². The Kier molecular flexibility index (Phi) is 5.29. The van der Waals surface area contributed by atoms with Gasteiger partial charge >= 0.3 is 5.97 Å². The first-order valence-electron chi connectivity index (χ1n) is 6.74. The summed E-state index contributed by atoms with van der Waals surface area (Å²) in [6.45, 7) is 3.84. The Hall–Kier alpha value is -2.40. The molecule has 5 heteroatoms. The largest absolute Gasteiger partial charge is 0.492 e. The average Bonchev–Trinajstić information content (AvgIpc) is 2.49. The van der Waals surface area contributed by atoms with Gasteiger partial charge in [-0.15, -0.1) is 0 Å². The van der Waals surface area contributed by atoms with Crippen molar-refractivity contribution in [3.8, 4) is 5.75 Å². The molecule has 0 spiro atoms. The molecule has 2 N–H and O–H groups in total. The minimum Gasteiger partial charge on any atom is -0.492 e. The Morgan fingerprint density at radius 2 is 2.19 bits per heavy atom. The average molecular weight is 286 g/mol. The highest BCUT2D eigenvalue weighted by Crippen LogP contribution is 2.13. The lowest BCUT2D eigenvalue weighted by Gasteiger charge is -2.09. The molecule has 1 heterocycles. The number of benzene rings is 1. The van der Waals surface area contributed by atoms with Crippen LogP contribution in [0.2, 0.25) is 0 Å². The molecule has 1 aromatic heterocycles. The van der Waals surface area contributed by atoms with E-state index in [0.29, 0.717) is 25.4 Å². The third-order valence-electron chi connectivity index (χ3n) is 3.04. The molecule has 21 heavy (non-hydrogen) atoms. The molecule has 1 aromatic carbocycles. The summed E-state index contributed by atoms with van der Waals surface area (Å²) in [4.78, 5) is 15.1. The Morgan fingerprint density at radius 3 is 2.95 bits per heavy atom. The molecule has 110 valence electrons. The number of hydrogen-bond acceptors (Lipinski definition) is 4. The van der Waals surface area contributed by atoms with E-state index in [1.165, 1.54) is 12.1 Å². The van der Waals surface area contributed by atoms with Crippen LogP contribution in [-0.4, -0.2) is 29.2 Å². The standard InChI is InChI=1S/C16H18N2O3/c1-12-4-3-7-18-15(12)11-17-8-9-21-14-6-2-5-13(10-14)16(19)20/h2-7,10,17H,8-9,11H2,1H3,(H,19,20). The first-order valence-corrected chi connectivity index (χ1v) is 6.74. The summed E-state index contributed by atoms with van der Waals surface area (Å²) in [6, 6.07) is 10.4. The highest BCUT2D eigenvalue weighted by molar-refractivity contribution is 5.87. The van der Waals surface area contributed by atoms with Gasteiger partial charge in [-0.1, -0.05) is 12.1 Å². The summed E-state index contributed by atoms with van der Waals surface area (Å²) >= 11 is 0. The van der Waals surface area contributed by atoms with Crippen molar-refractivity contribution < 1.29 is 14.6 Å². The van der Waals surface area contributed by atoms with Gasteiger partial charge in [0.05, 0.1) is 11.3 Å². The zero-order valence-electron chi connectivity index (χ0n) is 11.9. The van der Waals surface area contributed by atoms with Gasteiger partial charge in [-0.05, 0) is 36.8 Å². The summed E-state index contributed by atoms with van der Waals surface area (Å²) in [5.74, 6) is -0.394. The summed E-state index contributed by atoms with van der Waals surface area (Å²) < 4.78 is 5.52. The van der Waals surface area contributed by atoms with Gasteiger partial charge in [-0.25, -0.2) is 4.79 Å². The molecule has 0 bridgehead atoms. The molecule has 2 rings (SSSR count). The van der Waals surface area contributed by atoms with Crippen LogP contribution < -0.4 is 10.1 Å². The fourth-order valence-corrected chi connectivity index (χ4v) is 1.87. The van der Waals surface area contributed by atoms with E-state index in [0.717, 1.165) is 11.3 Å². The third kappa shape index (κ3) is 4.57. The van der Waals surface area contributed by atoms with Crippen LogP contribution >= 0.6 is 0 Å². The minimum absolute atomic E-state index is 0.226. The van der Waals surface area contributed by atoms with Crippen molar-refractivity contribution >= 4 is 5.97 Å². The maximum Gasteiger partial charge on any atom is 0.335 e. The number of aryl methyl sites for hydroxylation is 1. The number of pyridine rings is 1. The SMILES string of the molecule is Cc1cccnc1CNCCOc1cccc(C(=O)O)c1. The number of nitrogens with one attached hydrogen (secondary N) is 1. The molecule has 5 nitrogen and oxygen atoms in total. The number of carbonyl (C=O) groups is 1. The number of nitrogens with zero attached hydrogens (tertiary/aromatic N) is 1. The Balaban J connectivity index is 1.74. The van der Waals surface area contributed by atoms with Crippen LogP contribution in [0.1, 0.15) is 21.6 Å². The van der Waals surface area contributed by atoms with Gasteiger partial charge < -0.3 is 15.2 Å². The molecule has 0 saturated heterocycles. The molecule has 0 aliphatic carbocycles. The predicted molar refractivity (Wildman–Crippen MR) is 79.6 cm³/mol. The van der Waals surface area contributed by atoms with Crippen molar-refractivity contribution in [1.82, 2.24) is 10.3 Å². The van der Waals surface area contributed by atoms with E-state index >= 15 is 0 Å². The second kappa shape index (κ2) is 7.40. The van der Waals surface area contributed by atoms with Gasteiger partial charge in [0.25, 0.3) is 0 Å². The van der Waals surface area contributed by atoms with Gasteiger partial charge in [-0.3, -0.25) is 4.98 Å². The van der Waals surface area contributed by atoms with Crippen molar-refractivity contribution in [2.75, 3.05) is 13.2 Å². The van der Waals surface area contributed by atoms with Crippen LogP contribution in [-0.2, 0) is 6.54 Å². The Bertz CT molecular complexity index is 614. The van der Waals surface area contributed by atoms with Gasteiger partial charge in [-0.2, -0.15) is 0 Å². The van der Waals surface area contributed by atoms with Gasteiger partial charge in [0, 0.05) is 19.3 Å². The number of hydrogen-bond donors (Lipinski definition) is 2. The summed E-state index contributed by atoms with van der Waals surface area (Å²) in [5, 5.41) is 12.1. The van der Waals surface area contributed by atoms with E-state index in [4.69, 9.17) is 9.84 Å². The molecule has 0 aliphatic heterocycles. The monoisotopic (exact) mass is 286 g/mol. The van der Waals surface area contributed by atoms with Crippen molar-refractivity contribution in [2.24, 2.45) is 0 Å². The second-order valence-electron chi connectivity index (χ2n) is 4.63. The highest BCUT2D eigenvalue weighted by atomic mass is 16.5.